The van der Waals surface area contributed by atoms with Crippen molar-refractivity contribution < 1.29 is 19.5 Å². The van der Waals surface area contributed by atoms with Gasteiger partial charge in [0.2, 0.25) is 17.7 Å². The van der Waals surface area contributed by atoms with Gasteiger partial charge in [0, 0.05) is 25.4 Å². The van der Waals surface area contributed by atoms with Gasteiger partial charge in [-0.2, -0.15) is 4.98 Å². The van der Waals surface area contributed by atoms with E-state index >= 15 is 0 Å². The van der Waals surface area contributed by atoms with Gasteiger partial charge in [-0.15, -0.1) is 11.3 Å². The SMILES string of the molecule is Cc1ncsc1-c1ccc(C(C)NC(=O)C2CC(O)CN2C(=O)C(NC(=O)C2CCC(CN3CCC(c4ccc5c(c4)-n4c(nc(=O)c6c(Cl)cccc64)C54CCCCC4)CC3)CC2)C(C)(C)C)cc1. The zero-order valence-corrected chi connectivity index (χ0v) is 42.9. The Morgan fingerprint density at radius 2 is 1.66 bits per heavy atom. The minimum absolute atomic E-state index is 0.0373. The van der Waals surface area contributed by atoms with Crippen molar-refractivity contribution in [2.75, 3.05) is 26.2 Å². The topological polar surface area (TPSA) is 150 Å². The first-order valence-corrected chi connectivity index (χ1v) is 27.0. The summed E-state index contributed by atoms with van der Waals surface area (Å²) in [7, 11) is 0. The van der Waals surface area contributed by atoms with Crippen LogP contribution in [-0.2, 0) is 19.8 Å². The highest BCUT2D eigenvalue weighted by molar-refractivity contribution is 7.13. The zero-order valence-electron chi connectivity index (χ0n) is 41.3. The van der Waals surface area contributed by atoms with Gasteiger partial charge in [0.1, 0.15) is 17.9 Å². The molecule has 0 bridgehead atoms. The third kappa shape index (κ3) is 9.24. The van der Waals surface area contributed by atoms with Crippen LogP contribution in [0, 0.1) is 24.2 Å². The van der Waals surface area contributed by atoms with Gasteiger partial charge in [-0.3, -0.25) is 23.7 Å². The minimum atomic E-state index is -0.854. The number of thiazole rings is 1. The first-order chi connectivity index (χ1) is 33.6. The van der Waals surface area contributed by atoms with Crippen molar-refractivity contribution in [1.82, 2.24) is 35.0 Å². The fourth-order valence-electron chi connectivity index (χ4n) is 12.6. The Hall–Kier alpha value is -4.95. The van der Waals surface area contributed by atoms with Gasteiger partial charge in [0.05, 0.1) is 55.3 Å². The number of piperidine rings is 1. The molecule has 0 radical (unpaired) electrons. The number of nitrogens with one attached hydrogen (secondary N) is 2. The fraction of sp³-hybridized carbons (Fsp3) is 0.536. The average molecular weight is 987 g/mol. The minimum Gasteiger partial charge on any atom is -0.391 e. The Bertz CT molecular complexity index is 2830. The smallest absolute Gasteiger partial charge is 0.282 e. The Balaban J connectivity index is 0.732. The van der Waals surface area contributed by atoms with E-state index in [0.29, 0.717) is 22.2 Å². The highest BCUT2D eigenvalue weighted by Crippen LogP contribution is 2.52. The third-order valence-electron chi connectivity index (χ3n) is 16.6. The molecule has 5 aliphatic rings. The summed E-state index contributed by atoms with van der Waals surface area (Å²) in [4.78, 5) is 70.1. The van der Waals surface area contributed by atoms with E-state index in [2.05, 4.69) is 43.3 Å². The second-order valence-corrected chi connectivity index (χ2v) is 23.5. The van der Waals surface area contributed by atoms with E-state index in [4.69, 9.17) is 16.6 Å². The number of carbonyl (C=O) groups excluding carboxylic acids is 3. The Morgan fingerprint density at radius 1 is 0.929 bits per heavy atom. The maximum atomic E-state index is 14.4. The van der Waals surface area contributed by atoms with E-state index < -0.39 is 23.6 Å². The van der Waals surface area contributed by atoms with Crippen molar-refractivity contribution in [3.63, 3.8) is 0 Å². The molecule has 5 aromatic rings. The molecule has 12 nitrogen and oxygen atoms in total. The molecule has 2 aromatic heterocycles. The fourth-order valence-corrected chi connectivity index (χ4v) is 13.7. The maximum Gasteiger partial charge on any atom is 0.282 e. The first kappa shape index (κ1) is 48.7. The number of benzene rings is 3. The van der Waals surface area contributed by atoms with Crippen molar-refractivity contribution >= 4 is 51.6 Å². The summed E-state index contributed by atoms with van der Waals surface area (Å²) >= 11 is 8.23. The molecular formula is C56H68ClN7O5S. The molecule has 5 heterocycles. The first-order valence-electron chi connectivity index (χ1n) is 25.8. The van der Waals surface area contributed by atoms with Crippen LogP contribution in [0.15, 0.2) is 71.0 Å². The number of amides is 3. The van der Waals surface area contributed by atoms with E-state index in [0.717, 1.165) is 123 Å². The van der Waals surface area contributed by atoms with Crippen molar-refractivity contribution in [3.05, 3.63) is 110 Å². The summed E-state index contributed by atoms with van der Waals surface area (Å²) in [6.45, 7) is 12.8. The number of aryl methyl sites for hydroxylation is 1. The quantitative estimate of drug-likeness (QED) is 0.125. The van der Waals surface area contributed by atoms with Crippen molar-refractivity contribution in [2.24, 2.45) is 17.3 Å². The molecule has 3 aliphatic heterocycles. The van der Waals surface area contributed by atoms with E-state index in [-0.39, 0.29) is 53.6 Å². The molecule has 4 unspecified atom stereocenters. The number of β-amino-alcohol motifs (C(OH)–C–C–N with tert-alkyl or cyclic N) is 1. The van der Waals surface area contributed by atoms with Gasteiger partial charge in [-0.05, 0) is 136 Å². The number of rotatable bonds is 10. The summed E-state index contributed by atoms with van der Waals surface area (Å²) in [5.41, 5.74) is 8.35. The van der Waals surface area contributed by atoms with Crippen molar-refractivity contribution in [3.8, 4) is 16.1 Å². The molecule has 4 fully saturated rings. The summed E-state index contributed by atoms with van der Waals surface area (Å²) in [5, 5.41) is 18.0. The standard InChI is InChI=1S/C56H68ClN7O5S/c1-33(36-16-18-38(19-17-36)48-34(2)58-32-70-48)59-51(67)46-29-41(65)31-63(46)53(69)49(55(3,4)5)60-50(66)39-14-12-35(13-15-39)30-62-26-22-37(23-27-62)40-20-21-42-45(28-40)64-44-11-9-10-43(57)47(44)52(68)61-54(64)56(42)24-7-6-8-25-56/h9-11,16-21,28,32-33,35,37,39,41,46,49,65H,6-8,12-15,22-27,29-31H2,1-5H3,(H,59,67)(H,60,66). The predicted octanol–water partition coefficient (Wildman–Crippen LogP) is 9.39. The lowest BCUT2D eigenvalue weighted by atomic mass is 9.69. The number of hydrogen-bond donors (Lipinski definition) is 3. The second-order valence-electron chi connectivity index (χ2n) is 22.2. The molecule has 3 aromatic carbocycles. The number of halogens is 1. The molecule has 2 saturated carbocycles. The van der Waals surface area contributed by atoms with Gasteiger partial charge in [0.25, 0.3) is 5.56 Å². The number of aliphatic hydroxyl groups excluding tert-OH is 1. The Kier molecular flexibility index (Phi) is 13.6. The lowest BCUT2D eigenvalue weighted by Crippen LogP contribution is -2.58. The largest absolute Gasteiger partial charge is 0.391 e. The van der Waals surface area contributed by atoms with E-state index in [1.165, 1.54) is 22.4 Å². The molecular weight excluding hydrogens is 918 g/mol. The highest BCUT2D eigenvalue weighted by Gasteiger charge is 2.48. The van der Waals surface area contributed by atoms with Crippen LogP contribution in [0.2, 0.25) is 5.02 Å². The molecule has 2 aliphatic carbocycles. The number of aromatic nitrogens is 3. The normalized spacial score (nSPS) is 23.5. The molecule has 370 valence electrons. The number of aliphatic hydroxyl groups is 1. The van der Waals surface area contributed by atoms with Crippen LogP contribution >= 0.6 is 22.9 Å². The van der Waals surface area contributed by atoms with Crippen LogP contribution in [0.4, 0.5) is 0 Å². The molecule has 2 saturated heterocycles. The van der Waals surface area contributed by atoms with Crippen LogP contribution in [-0.4, -0.2) is 91.5 Å². The lowest BCUT2D eigenvalue weighted by molar-refractivity contribution is -0.145. The summed E-state index contributed by atoms with van der Waals surface area (Å²) in [6.07, 6.45) is 10.3. The van der Waals surface area contributed by atoms with Crippen LogP contribution in [0.3, 0.4) is 0 Å². The molecule has 3 amide bonds. The van der Waals surface area contributed by atoms with Gasteiger partial charge < -0.3 is 25.5 Å². The van der Waals surface area contributed by atoms with Gasteiger partial charge in [0.15, 0.2) is 0 Å². The van der Waals surface area contributed by atoms with Gasteiger partial charge >= 0.3 is 0 Å². The van der Waals surface area contributed by atoms with Crippen LogP contribution in [0.25, 0.3) is 27.0 Å². The number of fused-ring (bicyclic) bond motifs is 7. The van der Waals surface area contributed by atoms with Crippen LogP contribution in [0.5, 0.6) is 0 Å². The molecule has 10 rings (SSSR count). The predicted molar refractivity (Wildman–Crippen MR) is 276 cm³/mol. The lowest BCUT2D eigenvalue weighted by Gasteiger charge is -2.38. The van der Waals surface area contributed by atoms with Crippen molar-refractivity contribution in [2.45, 2.75) is 147 Å². The van der Waals surface area contributed by atoms with E-state index in [9.17, 15) is 24.3 Å². The van der Waals surface area contributed by atoms with Crippen LogP contribution in [0.1, 0.15) is 145 Å². The third-order valence-corrected chi connectivity index (χ3v) is 17.9. The van der Waals surface area contributed by atoms with Gasteiger partial charge in [-0.25, -0.2) is 4.98 Å². The number of likely N-dealkylation sites (tertiary alicyclic amines) is 2. The zero-order chi connectivity index (χ0) is 49.1. The number of carbonyl (C=O) groups is 3. The van der Waals surface area contributed by atoms with E-state index in [1.54, 1.807) is 17.4 Å². The summed E-state index contributed by atoms with van der Waals surface area (Å²) in [5.74, 6) is 0.878. The van der Waals surface area contributed by atoms with E-state index in [1.807, 2.05) is 76.5 Å². The maximum absolute atomic E-state index is 14.4. The monoisotopic (exact) mass is 985 g/mol. The molecule has 3 N–H and O–H groups in total. The average Bonchev–Trinajstić information content (AvgIpc) is 4.04. The molecule has 14 heteroatoms. The summed E-state index contributed by atoms with van der Waals surface area (Å²) < 4.78 is 2.25. The summed E-state index contributed by atoms with van der Waals surface area (Å²) in [6, 6.07) is 18.8. The van der Waals surface area contributed by atoms with Crippen molar-refractivity contribution in [1.29, 1.82) is 0 Å². The number of nitrogens with zero attached hydrogens (tertiary/aromatic N) is 5. The molecule has 4 atom stereocenters. The Labute approximate surface area is 420 Å². The highest BCUT2D eigenvalue weighted by atomic mass is 35.5. The van der Waals surface area contributed by atoms with Crippen LogP contribution < -0.4 is 16.2 Å². The van der Waals surface area contributed by atoms with Gasteiger partial charge in [-0.1, -0.05) is 94.1 Å². The molecule has 1 spiro atoms. The Morgan fingerprint density at radius 3 is 2.34 bits per heavy atom. The molecule has 70 heavy (non-hydrogen) atoms. The number of hydrogen-bond acceptors (Lipinski definition) is 9. The second kappa shape index (κ2) is 19.6.